The van der Waals surface area contributed by atoms with Gasteiger partial charge in [-0.15, -0.1) is 0 Å². The van der Waals surface area contributed by atoms with Gasteiger partial charge in [0.2, 0.25) is 0 Å². The number of aryl methyl sites for hydroxylation is 1. The van der Waals surface area contributed by atoms with E-state index >= 15 is 0 Å². The fourth-order valence-electron chi connectivity index (χ4n) is 1.61. The van der Waals surface area contributed by atoms with Gasteiger partial charge in [0.1, 0.15) is 5.82 Å². The van der Waals surface area contributed by atoms with E-state index in [1.165, 1.54) is 6.92 Å². The zero-order chi connectivity index (χ0) is 15.4. The van der Waals surface area contributed by atoms with E-state index in [2.05, 4.69) is 5.32 Å². The number of non-ortho nitro benzene ring substituents is 1. The molecule has 0 aliphatic heterocycles. The third kappa shape index (κ3) is 3.76. The largest absolute Gasteiger partial charge is 0.352 e. The van der Waals surface area contributed by atoms with E-state index < -0.39 is 16.6 Å². The van der Waals surface area contributed by atoms with Gasteiger partial charge in [-0.2, -0.15) is 0 Å². The number of nitro groups is 1. The van der Waals surface area contributed by atoms with Gasteiger partial charge in [-0.25, -0.2) is 4.39 Å². The van der Waals surface area contributed by atoms with Gasteiger partial charge in [-0.1, -0.05) is 20.8 Å². The highest BCUT2D eigenvalue weighted by molar-refractivity contribution is 5.95. The molecular weight excluding hydrogens is 263 g/mol. The lowest BCUT2D eigenvalue weighted by atomic mass is 9.98. The molecule has 0 radical (unpaired) electrons. The van der Waals surface area contributed by atoms with Crippen molar-refractivity contribution >= 4 is 11.6 Å². The van der Waals surface area contributed by atoms with Gasteiger partial charge in [0.15, 0.2) is 0 Å². The van der Waals surface area contributed by atoms with Crippen LogP contribution >= 0.6 is 0 Å². The Hall–Kier alpha value is -1.98. The standard InChI is InChI=1S/C14H19FN2O3/c1-8(2)10(4)7-16-14(18)12-6-11(17(19)20)5-9(3)13(12)15/h5-6,8,10H,7H2,1-4H3,(H,16,18). The number of hydrogen-bond donors (Lipinski definition) is 1. The van der Waals surface area contributed by atoms with Crippen LogP contribution in [0.5, 0.6) is 0 Å². The van der Waals surface area contributed by atoms with Crippen molar-refractivity contribution in [3.63, 3.8) is 0 Å². The zero-order valence-corrected chi connectivity index (χ0v) is 12.1. The molecule has 1 aromatic carbocycles. The number of carbonyl (C=O) groups is 1. The maximum atomic E-state index is 13.9. The number of halogens is 1. The first kappa shape index (κ1) is 16.1. The maximum Gasteiger partial charge on any atom is 0.270 e. The molecule has 1 unspecified atom stereocenters. The van der Waals surface area contributed by atoms with Crippen molar-refractivity contribution in [2.75, 3.05) is 6.54 Å². The summed E-state index contributed by atoms with van der Waals surface area (Å²) in [7, 11) is 0. The molecule has 0 heterocycles. The number of hydrogen-bond acceptors (Lipinski definition) is 3. The minimum atomic E-state index is -0.717. The number of benzene rings is 1. The van der Waals surface area contributed by atoms with Crippen LogP contribution in [0.15, 0.2) is 12.1 Å². The predicted octanol–water partition coefficient (Wildman–Crippen LogP) is 3.06. The molecule has 0 aromatic heterocycles. The summed E-state index contributed by atoms with van der Waals surface area (Å²) < 4.78 is 13.9. The molecule has 1 amide bonds. The van der Waals surface area contributed by atoms with Crippen LogP contribution in [0.1, 0.15) is 36.7 Å². The maximum absolute atomic E-state index is 13.9. The summed E-state index contributed by atoms with van der Waals surface area (Å²) in [6, 6.07) is 2.08. The Bertz CT molecular complexity index is 529. The third-order valence-electron chi connectivity index (χ3n) is 3.42. The van der Waals surface area contributed by atoms with E-state index in [-0.39, 0.29) is 22.7 Å². The summed E-state index contributed by atoms with van der Waals surface area (Å²) in [5.74, 6) is -0.721. The van der Waals surface area contributed by atoms with Crippen molar-refractivity contribution in [2.45, 2.75) is 27.7 Å². The van der Waals surface area contributed by atoms with Crippen LogP contribution in [0.25, 0.3) is 0 Å². The van der Waals surface area contributed by atoms with Gasteiger partial charge in [0.05, 0.1) is 10.5 Å². The van der Waals surface area contributed by atoms with E-state index in [1.54, 1.807) is 0 Å². The summed E-state index contributed by atoms with van der Waals surface area (Å²) in [6.07, 6.45) is 0. The van der Waals surface area contributed by atoms with Crippen LogP contribution in [-0.2, 0) is 0 Å². The lowest BCUT2D eigenvalue weighted by Crippen LogP contribution is -2.30. The van der Waals surface area contributed by atoms with Crippen molar-refractivity contribution < 1.29 is 14.1 Å². The Labute approximate surface area is 117 Å². The molecule has 0 saturated heterocycles. The fraction of sp³-hybridized carbons (Fsp3) is 0.500. The number of carbonyl (C=O) groups excluding carboxylic acids is 1. The molecular formula is C14H19FN2O3. The molecule has 0 bridgehead atoms. The minimum absolute atomic E-state index is 0.0845. The summed E-state index contributed by atoms with van der Waals surface area (Å²) in [6.45, 7) is 7.82. The van der Waals surface area contributed by atoms with Crippen LogP contribution in [0.2, 0.25) is 0 Å². The number of rotatable bonds is 5. The second kappa shape index (κ2) is 6.45. The molecule has 0 aliphatic carbocycles. The molecule has 1 atom stereocenters. The Morgan fingerprint density at radius 3 is 2.50 bits per heavy atom. The molecule has 5 nitrogen and oxygen atoms in total. The summed E-state index contributed by atoms with van der Waals surface area (Å²) in [4.78, 5) is 22.1. The highest BCUT2D eigenvalue weighted by Crippen LogP contribution is 2.21. The highest BCUT2D eigenvalue weighted by Gasteiger charge is 2.20. The Balaban J connectivity index is 2.95. The quantitative estimate of drug-likeness (QED) is 0.666. The van der Waals surface area contributed by atoms with Crippen LogP contribution in [0.3, 0.4) is 0 Å². The Morgan fingerprint density at radius 2 is 2.00 bits per heavy atom. The van der Waals surface area contributed by atoms with E-state index in [1.807, 2.05) is 20.8 Å². The summed E-state index contributed by atoms with van der Waals surface area (Å²) in [5, 5.41) is 13.4. The smallest absolute Gasteiger partial charge is 0.270 e. The first-order chi connectivity index (χ1) is 9.23. The second-order valence-electron chi connectivity index (χ2n) is 5.31. The van der Waals surface area contributed by atoms with E-state index in [0.29, 0.717) is 12.5 Å². The van der Waals surface area contributed by atoms with Crippen molar-refractivity contribution in [3.05, 3.63) is 39.2 Å². The van der Waals surface area contributed by atoms with E-state index in [0.717, 1.165) is 12.1 Å². The number of amides is 1. The van der Waals surface area contributed by atoms with Gasteiger partial charge in [-0.05, 0) is 24.3 Å². The van der Waals surface area contributed by atoms with Gasteiger partial charge < -0.3 is 5.32 Å². The first-order valence-electron chi connectivity index (χ1n) is 6.46. The lowest BCUT2D eigenvalue weighted by Gasteiger charge is -2.16. The second-order valence-corrected chi connectivity index (χ2v) is 5.31. The van der Waals surface area contributed by atoms with E-state index in [9.17, 15) is 19.3 Å². The zero-order valence-electron chi connectivity index (χ0n) is 12.1. The molecule has 0 aliphatic rings. The molecule has 20 heavy (non-hydrogen) atoms. The normalized spacial score (nSPS) is 12.3. The average molecular weight is 282 g/mol. The molecule has 0 fully saturated rings. The van der Waals surface area contributed by atoms with Gasteiger partial charge in [0, 0.05) is 18.7 Å². The Kier molecular flexibility index (Phi) is 5.19. The fourth-order valence-corrected chi connectivity index (χ4v) is 1.61. The van der Waals surface area contributed by atoms with Crippen molar-refractivity contribution in [3.8, 4) is 0 Å². The van der Waals surface area contributed by atoms with Crippen molar-refractivity contribution in [2.24, 2.45) is 11.8 Å². The molecule has 1 aromatic rings. The number of nitro benzene ring substituents is 1. The van der Waals surface area contributed by atoms with Crippen molar-refractivity contribution in [1.29, 1.82) is 0 Å². The van der Waals surface area contributed by atoms with E-state index in [4.69, 9.17) is 0 Å². The first-order valence-corrected chi connectivity index (χ1v) is 6.46. The average Bonchev–Trinajstić information content (AvgIpc) is 2.37. The SMILES string of the molecule is Cc1cc([N+](=O)[O-])cc(C(=O)NCC(C)C(C)C)c1F. The summed E-state index contributed by atoms with van der Waals surface area (Å²) >= 11 is 0. The molecule has 6 heteroatoms. The van der Waals surface area contributed by atoms with Gasteiger partial charge in [-0.3, -0.25) is 14.9 Å². The highest BCUT2D eigenvalue weighted by atomic mass is 19.1. The minimum Gasteiger partial charge on any atom is -0.352 e. The van der Waals surface area contributed by atoms with Crippen molar-refractivity contribution in [1.82, 2.24) is 5.32 Å². The van der Waals surface area contributed by atoms with Crippen LogP contribution < -0.4 is 5.32 Å². The topological polar surface area (TPSA) is 72.2 Å². The monoisotopic (exact) mass is 282 g/mol. The lowest BCUT2D eigenvalue weighted by molar-refractivity contribution is -0.385. The number of nitrogens with zero attached hydrogens (tertiary/aromatic N) is 1. The molecule has 1 N–H and O–H groups in total. The van der Waals surface area contributed by atoms with Gasteiger partial charge >= 0.3 is 0 Å². The molecule has 1 rings (SSSR count). The van der Waals surface area contributed by atoms with Crippen LogP contribution in [0, 0.1) is 34.7 Å². The predicted molar refractivity (Wildman–Crippen MR) is 74.1 cm³/mol. The summed E-state index contributed by atoms with van der Waals surface area (Å²) in [5.41, 5.74) is -0.486. The third-order valence-corrected chi connectivity index (χ3v) is 3.42. The van der Waals surface area contributed by atoms with Crippen LogP contribution in [-0.4, -0.2) is 17.4 Å². The molecule has 0 spiro atoms. The molecule has 0 saturated carbocycles. The van der Waals surface area contributed by atoms with Crippen LogP contribution in [0.4, 0.5) is 10.1 Å². The Morgan fingerprint density at radius 1 is 1.40 bits per heavy atom. The molecule has 110 valence electrons. The van der Waals surface area contributed by atoms with Gasteiger partial charge in [0.25, 0.3) is 11.6 Å². The number of nitrogens with one attached hydrogen (secondary N) is 1.